The van der Waals surface area contributed by atoms with Gasteiger partial charge in [0.05, 0.1) is 0 Å². The third-order valence-corrected chi connectivity index (χ3v) is 2.21. The smallest absolute Gasteiger partial charge is 0.407 e. The lowest BCUT2D eigenvalue weighted by Crippen LogP contribution is -2.33. The molecule has 3 nitrogen and oxygen atoms in total. The second-order valence-corrected chi connectivity index (χ2v) is 5.25. The normalized spacial score (nSPS) is 10.2. The minimum absolute atomic E-state index is 0.389. The number of halogens is 1. The molecule has 0 aliphatic rings. The fourth-order valence-corrected chi connectivity index (χ4v) is 1.53. The number of nitrogens with one attached hydrogen (secondary N) is 1. The average Bonchev–Trinajstić information content (AvgIpc) is 2.29. The molecule has 1 aromatic rings. The molecule has 1 amide bonds. The van der Waals surface area contributed by atoms with Crippen LogP contribution < -0.4 is 5.32 Å². The lowest BCUT2D eigenvalue weighted by Gasteiger charge is -2.19. The number of hydrogen-bond donors (Lipinski definition) is 1. The van der Waals surface area contributed by atoms with Crippen LogP contribution in [0.25, 0.3) is 0 Å². The third-order valence-electron chi connectivity index (χ3n) is 1.97. The van der Waals surface area contributed by atoms with E-state index in [4.69, 9.17) is 16.3 Å². The highest BCUT2D eigenvalue weighted by atomic mass is 35.5. The summed E-state index contributed by atoms with van der Waals surface area (Å²) >= 11 is 5.86. The number of ether oxygens (including phenoxy) is 1. The minimum atomic E-state index is -0.458. The SMILES string of the molecule is CC.CC(C)(C)OC(=O)NCCc1cccc(Cl)c1. The summed E-state index contributed by atoms with van der Waals surface area (Å²) in [7, 11) is 0. The molecule has 0 aliphatic heterocycles. The molecule has 0 fully saturated rings. The van der Waals surface area contributed by atoms with Crippen molar-refractivity contribution in [1.29, 1.82) is 0 Å². The highest BCUT2D eigenvalue weighted by Crippen LogP contribution is 2.11. The Balaban J connectivity index is 0.00000154. The maximum atomic E-state index is 11.4. The summed E-state index contributed by atoms with van der Waals surface area (Å²) in [6, 6.07) is 7.58. The first-order chi connectivity index (χ1) is 8.87. The van der Waals surface area contributed by atoms with Crippen LogP contribution in [0.2, 0.25) is 5.02 Å². The van der Waals surface area contributed by atoms with E-state index < -0.39 is 5.60 Å². The number of alkyl carbamates (subject to hydrolysis) is 1. The van der Waals surface area contributed by atoms with E-state index in [1.807, 2.05) is 58.9 Å². The van der Waals surface area contributed by atoms with Gasteiger partial charge in [0.2, 0.25) is 0 Å². The zero-order valence-electron chi connectivity index (χ0n) is 12.4. The largest absolute Gasteiger partial charge is 0.444 e. The van der Waals surface area contributed by atoms with Crippen LogP contribution in [0.4, 0.5) is 4.79 Å². The Morgan fingerprint density at radius 3 is 2.47 bits per heavy atom. The highest BCUT2D eigenvalue weighted by molar-refractivity contribution is 6.30. The van der Waals surface area contributed by atoms with Crippen LogP contribution >= 0.6 is 11.6 Å². The van der Waals surface area contributed by atoms with Gasteiger partial charge in [-0.05, 0) is 44.9 Å². The van der Waals surface area contributed by atoms with Gasteiger partial charge < -0.3 is 10.1 Å². The zero-order valence-corrected chi connectivity index (χ0v) is 13.2. The molecule has 0 aliphatic carbocycles. The van der Waals surface area contributed by atoms with Crippen molar-refractivity contribution >= 4 is 17.7 Å². The number of carbonyl (C=O) groups is 1. The first-order valence-corrected chi connectivity index (χ1v) is 6.96. The molecular weight excluding hydrogens is 262 g/mol. The number of hydrogen-bond acceptors (Lipinski definition) is 2. The van der Waals surface area contributed by atoms with Crippen molar-refractivity contribution in [3.8, 4) is 0 Å². The monoisotopic (exact) mass is 285 g/mol. The quantitative estimate of drug-likeness (QED) is 0.892. The Hall–Kier alpha value is -1.22. The molecule has 0 bridgehead atoms. The number of rotatable bonds is 3. The lowest BCUT2D eigenvalue weighted by atomic mass is 10.1. The van der Waals surface area contributed by atoms with E-state index in [0.29, 0.717) is 11.6 Å². The minimum Gasteiger partial charge on any atom is -0.444 e. The first-order valence-electron chi connectivity index (χ1n) is 6.58. The van der Waals surface area contributed by atoms with Crippen LogP contribution in [0.1, 0.15) is 40.2 Å². The molecule has 19 heavy (non-hydrogen) atoms. The van der Waals surface area contributed by atoms with Crippen molar-refractivity contribution in [2.24, 2.45) is 0 Å². The van der Waals surface area contributed by atoms with Crippen LogP contribution in [0.15, 0.2) is 24.3 Å². The van der Waals surface area contributed by atoms with Crippen LogP contribution in [-0.4, -0.2) is 18.2 Å². The van der Waals surface area contributed by atoms with Crippen LogP contribution in [0, 0.1) is 0 Å². The molecule has 1 rings (SSSR count). The molecule has 0 heterocycles. The Kier molecular flexibility index (Phi) is 8.24. The second kappa shape index (κ2) is 8.81. The van der Waals surface area contributed by atoms with Gasteiger partial charge in [-0.2, -0.15) is 0 Å². The van der Waals surface area contributed by atoms with Crippen molar-refractivity contribution in [3.05, 3.63) is 34.9 Å². The van der Waals surface area contributed by atoms with E-state index >= 15 is 0 Å². The highest BCUT2D eigenvalue weighted by Gasteiger charge is 2.15. The fraction of sp³-hybridized carbons (Fsp3) is 0.533. The van der Waals surface area contributed by atoms with E-state index in [2.05, 4.69) is 5.32 Å². The summed E-state index contributed by atoms with van der Waals surface area (Å²) in [5.41, 5.74) is 0.633. The Bertz CT molecular complexity index is 386. The average molecular weight is 286 g/mol. The van der Waals surface area contributed by atoms with Crippen LogP contribution in [-0.2, 0) is 11.2 Å². The zero-order chi connectivity index (χ0) is 14.9. The fourth-order valence-electron chi connectivity index (χ4n) is 1.32. The van der Waals surface area contributed by atoms with E-state index in [-0.39, 0.29) is 6.09 Å². The predicted octanol–water partition coefficient (Wildman–Crippen LogP) is 4.43. The molecule has 0 spiro atoms. The maximum Gasteiger partial charge on any atom is 0.407 e. The summed E-state index contributed by atoms with van der Waals surface area (Å²) in [5.74, 6) is 0. The molecule has 4 heteroatoms. The van der Waals surface area contributed by atoms with Gasteiger partial charge in [-0.1, -0.05) is 37.6 Å². The van der Waals surface area contributed by atoms with Crippen LogP contribution in [0.3, 0.4) is 0 Å². The molecular formula is C15H24ClNO2. The molecule has 0 unspecified atom stereocenters. The van der Waals surface area contributed by atoms with Gasteiger partial charge in [-0.3, -0.25) is 0 Å². The van der Waals surface area contributed by atoms with Crippen molar-refractivity contribution in [2.75, 3.05) is 6.54 Å². The summed E-state index contributed by atoms with van der Waals surface area (Å²) in [4.78, 5) is 11.4. The molecule has 108 valence electrons. The van der Waals surface area contributed by atoms with Crippen molar-refractivity contribution in [3.63, 3.8) is 0 Å². The van der Waals surface area contributed by atoms with Crippen LogP contribution in [0.5, 0.6) is 0 Å². The Labute approximate surface area is 121 Å². The lowest BCUT2D eigenvalue weighted by molar-refractivity contribution is 0.0528. The number of amides is 1. The van der Waals surface area contributed by atoms with Gasteiger partial charge in [0, 0.05) is 11.6 Å². The van der Waals surface area contributed by atoms with Crippen molar-refractivity contribution in [1.82, 2.24) is 5.32 Å². The summed E-state index contributed by atoms with van der Waals surface area (Å²) in [6.45, 7) is 10.0. The summed E-state index contributed by atoms with van der Waals surface area (Å²) in [5, 5.41) is 3.41. The molecule has 1 aromatic carbocycles. The van der Waals surface area contributed by atoms with Gasteiger partial charge in [0.25, 0.3) is 0 Å². The molecule has 1 N–H and O–H groups in total. The Morgan fingerprint density at radius 1 is 1.32 bits per heavy atom. The van der Waals surface area contributed by atoms with Gasteiger partial charge in [-0.25, -0.2) is 4.79 Å². The topological polar surface area (TPSA) is 38.3 Å². The van der Waals surface area contributed by atoms with Gasteiger partial charge in [0.1, 0.15) is 5.60 Å². The van der Waals surface area contributed by atoms with Gasteiger partial charge in [-0.15, -0.1) is 0 Å². The summed E-state index contributed by atoms with van der Waals surface area (Å²) < 4.78 is 5.12. The third kappa shape index (κ3) is 9.37. The van der Waals surface area contributed by atoms with E-state index in [1.54, 1.807) is 0 Å². The maximum absolute atomic E-state index is 11.4. The van der Waals surface area contributed by atoms with E-state index in [0.717, 1.165) is 12.0 Å². The van der Waals surface area contributed by atoms with Gasteiger partial charge >= 0.3 is 6.09 Å². The first kappa shape index (κ1) is 17.8. The molecule has 0 atom stereocenters. The predicted molar refractivity (Wildman–Crippen MR) is 80.7 cm³/mol. The van der Waals surface area contributed by atoms with Crippen molar-refractivity contribution in [2.45, 2.75) is 46.6 Å². The molecule has 0 aromatic heterocycles. The van der Waals surface area contributed by atoms with E-state index in [1.165, 1.54) is 0 Å². The second-order valence-electron chi connectivity index (χ2n) is 4.81. The molecule has 0 saturated heterocycles. The molecule has 0 radical (unpaired) electrons. The van der Waals surface area contributed by atoms with Gasteiger partial charge in [0.15, 0.2) is 0 Å². The Morgan fingerprint density at radius 2 is 1.95 bits per heavy atom. The molecule has 0 saturated carbocycles. The standard InChI is InChI=1S/C13H18ClNO2.C2H6/c1-13(2,3)17-12(16)15-8-7-10-5-4-6-11(14)9-10;1-2/h4-6,9H,7-8H2,1-3H3,(H,15,16);1-2H3. The number of benzene rings is 1. The van der Waals surface area contributed by atoms with Crippen molar-refractivity contribution < 1.29 is 9.53 Å². The number of carbonyl (C=O) groups excluding carboxylic acids is 1. The summed E-state index contributed by atoms with van der Waals surface area (Å²) in [6.07, 6.45) is 0.347. The van der Waals surface area contributed by atoms with E-state index in [9.17, 15) is 4.79 Å².